The molecule has 0 aliphatic carbocycles. The first-order valence-corrected chi connectivity index (χ1v) is 10.8. The summed E-state index contributed by atoms with van der Waals surface area (Å²) >= 11 is 0. The number of halogens is 4. The van der Waals surface area contributed by atoms with Gasteiger partial charge in [-0.15, -0.1) is 0 Å². The van der Waals surface area contributed by atoms with Gasteiger partial charge in [-0.05, 0) is 41.5 Å². The highest BCUT2D eigenvalue weighted by Crippen LogP contribution is 2.33. The number of ketones is 1. The van der Waals surface area contributed by atoms with Crippen molar-refractivity contribution < 1.29 is 22.4 Å². The zero-order valence-corrected chi connectivity index (χ0v) is 18.4. The van der Waals surface area contributed by atoms with E-state index in [1.54, 1.807) is 0 Å². The molecule has 4 nitrogen and oxygen atoms in total. The van der Waals surface area contributed by atoms with Gasteiger partial charge in [-0.25, -0.2) is 4.39 Å². The fourth-order valence-corrected chi connectivity index (χ4v) is 3.83. The summed E-state index contributed by atoms with van der Waals surface area (Å²) in [7, 11) is 0. The van der Waals surface area contributed by atoms with Gasteiger partial charge in [0, 0.05) is 36.4 Å². The number of carbonyl (C=O) groups is 1. The van der Waals surface area contributed by atoms with Crippen LogP contribution in [0.25, 0.3) is 0 Å². The summed E-state index contributed by atoms with van der Waals surface area (Å²) in [6, 6.07) is 18.7. The Balaban J connectivity index is 1.66. The molecule has 0 saturated heterocycles. The normalized spacial score (nSPS) is 12.3. The molecule has 8 heteroatoms. The highest BCUT2D eigenvalue weighted by molar-refractivity contribution is 5.96. The van der Waals surface area contributed by atoms with Crippen LogP contribution in [0.15, 0.2) is 96.1 Å². The summed E-state index contributed by atoms with van der Waals surface area (Å²) in [5.41, 5.74) is 0.243. The molecule has 178 valence electrons. The maximum absolute atomic E-state index is 14.6. The van der Waals surface area contributed by atoms with Crippen molar-refractivity contribution in [2.45, 2.75) is 25.1 Å². The molecule has 0 aliphatic heterocycles. The van der Waals surface area contributed by atoms with E-state index in [1.807, 2.05) is 30.3 Å². The Kier molecular flexibility index (Phi) is 6.91. The predicted molar refractivity (Wildman–Crippen MR) is 123 cm³/mol. The lowest BCUT2D eigenvalue weighted by Gasteiger charge is -2.18. The maximum atomic E-state index is 14.6. The van der Waals surface area contributed by atoms with Crippen LogP contribution in [0.1, 0.15) is 45.1 Å². The van der Waals surface area contributed by atoms with Crippen LogP contribution in [-0.2, 0) is 12.7 Å². The third-order valence-corrected chi connectivity index (χ3v) is 5.65. The summed E-state index contributed by atoms with van der Waals surface area (Å²) < 4.78 is 55.0. The lowest BCUT2D eigenvalue weighted by atomic mass is 9.88. The van der Waals surface area contributed by atoms with E-state index in [1.165, 1.54) is 53.4 Å². The van der Waals surface area contributed by atoms with Crippen molar-refractivity contribution in [3.05, 3.63) is 135 Å². The lowest BCUT2D eigenvalue weighted by Crippen LogP contribution is -2.21. The van der Waals surface area contributed by atoms with Crippen LogP contribution in [0, 0.1) is 5.82 Å². The Hall–Kier alpha value is -4.07. The summed E-state index contributed by atoms with van der Waals surface area (Å²) in [6.07, 6.45) is -1.97. The molecule has 2 heterocycles. The first-order chi connectivity index (χ1) is 16.7. The van der Waals surface area contributed by atoms with Gasteiger partial charge in [0.2, 0.25) is 0 Å². The standard InChI is InChI=1S/C27H20F4N2O2/c28-23-7-4-14-32-26(23)22(19-8-11-21(12-9-19)27(29,30)31)15-24(34)20-10-13-25(35)33(17-20)16-18-5-2-1-3-6-18/h1-14,17,22H,15-16H2/t22-/m0/s1. The number of benzene rings is 2. The summed E-state index contributed by atoms with van der Waals surface area (Å²) in [5, 5.41) is 0. The van der Waals surface area contributed by atoms with E-state index in [-0.39, 0.29) is 29.8 Å². The second kappa shape index (κ2) is 10.0. The largest absolute Gasteiger partial charge is 0.416 e. The first-order valence-electron chi connectivity index (χ1n) is 10.8. The average molecular weight is 480 g/mol. The first kappa shape index (κ1) is 24.1. The molecule has 1 atom stereocenters. The topological polar surface area (TPSA) is 52.0 Å². The number of alkyl halides is 3. The number of Topliss-reactive ketones (excluding diaryl/α,β-unsaturated/α-hetero) is 1. The Morgan fingerprint density at radius 1 is 0.914 bits per heavy atom. The van der Waals surface area contributed by atoms with E-state index in [0.717, 1.165) is 17.7 Å². The van der Waals surface area contributed by atoms with E-state index < -0.39 is 29.3 Å². The molecule has 0 fully saturated rings. The highest BCUT2D eigenvalue weighted by Gasteiger charge is 2.31. The van der Waals surface area contributed by atoms with Gasteiger partial charge in [-0.3, -0.25) is 14.6 Å². The molecule has 0 saturated carbocycles. The molecular weight excluding hydrogens is 460 g/mol. The smallest absolute Gasteiger partial charge is 0.310 e. The zero-order chi connectivity index (χ0) is 25.0. The van der Waals surface area contributed by atoms with Crippen LogP contribution in [0.3, 0.4) is 0 Å². The molecule has 0 unspecified atom stereocenters. The van der Waals surface area contributed by atoms with Gasteiger partial charge in [0.25, 0.3) is 5.56 Å². The fraction of sp³-hybridized carbons (Fsp3) is 0.148. The highest BCUT2D eigenvalue weighted by atomic mass is 19.4. The van der Waals surface area contributed by atoms with Crippen LogP contribution in [0.5, 0.6) is 0 Å². The monoisotopic (exact) mass is 480 g/mol. The van der Waals surface area contributed by atoms with Crippen LogP contribution >= 0.6 is 0 Å². The van der Waals surface area contributed by atoms with Gasteiger partial charge in [-0.1, -0.05) is 42.5 Å². The molecule has 2 aromatic carbocycles. The lowest BCUT2D eigenvalue weighted by molar-refractivity contribution is -0.137. The molecule has 0 amide bonds. The number of hydrogen-bond donors (Lipinski definition) is 0. The van der Waals surface area contributed by atoms with Crippen molar-refractivity contribution in [1.29, 1.82) is 0 Å². The van der Waals surface area contributed by atoms with E-state index in [4.69, 9.17) is 0 Å². The van der Waals surface area contributed by atoms with Crippen molar-refractivity contribution >= 4 is 5.78 Å². The van der Waals surface area contributed by atoms with Gasteiger partial charge in [0.05, 0.1) is 17.8 Å². The Bertz CT molecular complexity index is 1380. The molecule has 0 radical (unpaired) electrons. The molecule has 4 aromatic rings. The van der Waals surface area contributed by atoms with Crippen LogP contribution in [0.4, 0.5) is 17.6 Å². The summed E-state index contributed by atoms with van der Waals surface area (Å²) in [5.74, 6) is -1.98. The quantitative estimate of drug-likeness (QED) is 0.246. The minimum absolute atomic E-state index is 0.0433. The maximum Gasteiger partial charge on any atom is 0.416 e. The van der Waals surface area contributed by atoms with Crippen LogP contribution in [0.2, 0.25) is 0 Å². The van der Waals surface area contributed by atoms with Crippen LogP contribution < -0.4 is 5.56 Å². The second-order valence-electron chi connectivity index (χ2n) is 8.04. The predicted octanol–water partition coefficient (Wildman–Crippen LogP) is 5.85. The molecular formula is C27H20F4N2O2. The second-order valence-corrected chi connectivity index (χ2v) is 8.04. The molecule has 0 aliphatic rings. The number of rotatable bonds is 7. The summed E-state index contributed by atoms with van der Waals surface area (Å²) in [6.45, 7) is 0.262. The molecule has 35 heavy (non-hydrogen) atoms. The number of pyridine rings is 2. The van der Waals surface area contributed by atoms with Crippen LogP contribution in [-0.4, -0.2) is 15.3 Å². The average Bonchev–Trinajstić information content (AvgIpc) is 2.84. The van der Waals surface area contributed by atoms with E-state index in [0.29, 0.717) is 5.56 Å². The van der Waals surface area contributed by atoms with Gasteiger partial charge >= 0.3 is 6.18 Å². The zero-order valence-electron chi connectivity index (χ0n) is 18.4. The minimum Gasteiger partial charge on any atom is -0.310 e. The minimum atomic E-state index is -4.52. The molecule has 0 N–H and O–H groups in total. The van der Waals surface area contributed by atoms with Crippen molar-refractivity contribution in [1.82, 2.24) is 9.55 Å². The van der Waals surface area contributed by atoms with E-state index >= 15 is 0 Å². The van der Waals surface area contributed by atoms with Gasteiger partial charge in [0.15, 0.2) is 5.78 Å². The Morgan fingerprint density at radius 3 is 2.29 bits per heavy atom. The van der Waals surface area contributed by atoms with Gasteiger partial charge in [-0.2, -0.15) is 13.2 Å². The van der Waals surface area contributed by atoms with Crippen molar-refractivity contribution in [2.24, 2.45) is 0 Å². The summed E-state index contributed by atoms with van der Waals surface area (Å²) in [4.78, 5) is 29.6. The van der Waals surface area contributed by atoms with E-state index in [9.17, 15) is 27.2 Å². The number of hydrogen-bond acceptors (Lipinski definition) is 3. The van der Waals surface area contributed by atoms with Gasteiger partial charge < -0.3 is 4.57 Å². The van der Waals surface area contributed by atoms with Crippen molar-refractivity contribution in [2.75, 3.05) is 0 Å². The SMILES string of the molecule is O=C(C[C@@H](c1ccc(C(F)(F)F)cc1)c1ncccc1F)c1ccc(=O)n(Cc2ccccc2)c1. The molecule has 4 rings (SSSR count). The third-order valence-electron chi connectivity index (χ3n) is 5.65. The third kappa shape index (κ3) is 5.71. The number of nitrogens with zero attached hydrogens (tertiary/aromatic N) is 2. The molecule has 0 spiro atoms. The van der Waals surface area contributed by atoms with Crippen molar-refractivity contribution in [3.63, 3.8) is 0 Å². The Labute approximate surface area is 198 Å². The van der Waals surface area contributed by atoms with Gasteiger partial charge in [0.1, 0.15) is 5.82 Å². The van der Waals surface area contributed by atoms with Crippen molar-refractivity contribution in [3.8, 4) is 0 Å². The number of aromatic nitrogens is 2. The molecule has 0 bridgehead atoms. The Morgan fingerprint density at radius 2 is 1.63 bits per heavy atom. The molecule has 2 aromatic heterocycles. The van der Waals surface area contributed by atoms with E-state index in [2.05, 4.69) is 4.98 Å². The fourth-order valence-electron chi connectivity index (χ4n) is 3.83. The number of carbonyl (C=O) groups excluding carboxylic acids is 1.